The van der Waals surface area contributed by atoms with Crippen LogP contribution in [0.2, 0.25) is 0 Å². The maximum atomic E-state index is 14.1. The Morgan fingerprint density at radius 3 is 1.69 bits per heavy atom. The van der Waals surface area contributed by atoms with Gasteiger partial charge < -0.3 is 19.8 Å². The molecule has 12 heteroatoms. The highest BCUT2D eigenvalue weighted by atomic mass is 19.2. The smallest absolute Gasteiger partial charge is 0.268 e. The summed E-state index contributed by atoms with van der Waals surface area (Å²) in [6, 6.07) is 16.1. The highest BCUT2D eigenvalue weighted by Gasteiger charge is 2.28. The van der Waals surface area contributed by atoms with Gasteiger partial charge in [-0.3, -0.25) is 9.59 Å². The molecule has 2 N–H and O–H groups in total. The summed E-state index contributed by atoms with van der Waals surface area (Å²) in [7, 11) is 0. The molecule has 6 aromatic rings. The van der Waals surface area contributed by atoms with Crippen LogP contribution >= 0.6 is 0 Å². The van der Waals surface area contributed by atoms with E-state index in [1.807, 2.05) is 17.6 Å². The lowest BCUT2D eigenvalue weighted by molar-refractivity contribution is 0.0920. The quantitative estimate of drug-likeness (QED) is 0.150. The average Bonchev–Trinajstić information content (AvgIpc) is 3.55. The first-order chi connectivity index (χ1) is 23.5. The molecule has 8 rings (SSSR count). The van der Waals surface area contributed by atoms with E-state index < -0.39 is 23.3 Å². The summed E-state index contributed by atoms with van der Waals surface area (Å²) in [6.07, 6.45) is 0. The van der Waals surface area contributed by atoms with Crippen molar-refractivity contribution in [1.82, 2.24) is 19.8 Å². The summed E-state index contributed by atoms with van der Waals surface area (Å²) in [5, 5.41) is 16.3. The van der Waals surface area contributed by atoms with Crippen molar-refractivity contribution in [1.29, 1.82) is 5.26 Å². The lowest BCUT2D eigenvalue weighted by Crippen LogP contribution is -2.35. The summed E-state index contributed by atoms with van der Waals surface area (Å²) >= 11 is 0. The van der Waals surface area contributed by atoms with Gasteiger partial charge in [0, 0.05) is 48.1 Å². The highest BCUT2D eigenvalue weighted by Crippen LogP contribution is 2.38. The van der Waals surface area contributed by atoms with E-state index in [1.54, 1.807) is 29.7 Å². The first-order valence-electron chi connectivity index (χ1n) is 15.3. The SMILES string of the molecule is Cc1c2n(c3c(-c4cc(F)c(F)c(F)c4)cc(F)cc13)CCNC2=O.Cc1c2n(c3c(-c4ccc(F)cc4)cc(C#N)cc13)CCNC2=O. The Hall–Kier alpha value is -5.96. The van der Waals surface area contributed by atoms with Crippen molar-refractivity contribution in [2.75, 3.05) is 13.1 Å². The van der Waals surface area contributed by atoms with Gasteiger partial charge in [0.25, 0.3) is 11.8 Å². The molecule has 2 aliphatic heterocycles. The van der Waals surface area contributed by atoms with Gasteiger partial charge in [-0.25, -0.2) is 22.0 Å². The Balaban J connectivity index is 0.000000154. The van der Waals surface area contributed by atoms with Crippen LogP contribution in [-0.4, -0.2) is 34.0 Å². The number of nitrogens with zero attached hydrogens (tertiary/aromatic N) is 3. The predicted octanol–water partition coefficient (Wildman–Crippen LogP) is 7.29. The van der Waals surface area contributed by atoms with Crippen LogP contribution in [0, 0.1) is 54.3 Å². The maximum absolute atomic E-state index is 14.1. The van der Waals surface area contributed by atoms with Gasteiger partial charge in [-0.15, -0.1) is 0 Å². The molecule has 49 heavy (non-hydrogen) atoms. The number of aromatic nitrogens is 2. The molecule has 0 spiro atoms. The van der Waals surface area contributed by atoms with Crippen molar-refractivity contribution >= 4 is 33.6 Å². The molecule has 4 heterocycles. The molecule has 7 nitrogen and oxygen atoms in total. The molecule has 0 fully saturated rings. The number of hydrogen-bond acceptors (Lipinski definition) is 3. The molecule has 0 saturated heterocycles. The zero-order valence-corrected chi connectivity index (χ0v) is 26.1. The van der Waals surface area contributed by atoms with Gasteiger partial charge >= 0.3 is 0 Å². The molecule has 0 atom stereocenters. The predicted molar refractivity (Wildman–Crippen MR) is 173 cm³/mol. The number of fused-ring (bicyclic) bond motifs is 6. The molecule has 0 saturated carbocycles. The third kappa shape index (κ3) is 5.18. The molecule has 246 valence electrons. The molecule has 2 amide bonds. The number of halogens is 5. The lowest BCUT2D eigenvalue weighted by atomic mass is 9.99. The molecule has 2 aromatic heterocycles. The summed E-state index contributed by atoms with van der Waals surface area (Å²) in [4.78, 5) is 24.4. The van der Waals surface area contributed by atoms with E-state index >= 15 is 0 Å². The van der Waals surface area contributed by atoms with Gasteiger partial charge in [-0.2, -0.15) is 5.26 Å². The van der Waals surface area contributed by atoms with E-state index in [0.29, 0.717) is 59.6 Å². The van der Waals surface area contributed by atoms with Gasteiger partial charge in [-0.05, 0) is 84.6 Å². The summed E-state index contributed by atoms with van der Waals surface area (Å²) in [5.74, 6) is -5.59. The number of carbonyl (C=O) groups is 2. The maximum Gasteiger partial charge on any atom is 0.268 e. The minimum atomic E-state index is -1.58. The number of carbonyl (C=O) groups excluding carboxylic acids is 2. The monoisotopic (exact) mass is 667 g/mol. The average molecular weight is 668 g/mol. The highest BCUT2D eigenvalue weighted by molar-refractivity contribution is 6.07. The normalized spacial score (nSPS) is 13.7. The standard InChI is InChI=1S/C19H14FN3O.C18H12F4N2O/c1-11-15-8-12(10-21)9-16(13-2-4-14(20)5-3-13)18(15)23-7-6-22-19(24)17(11)23;1-8-11-6-10(19)7-12(9-4-13(20)15(22)14(21)5-9)17(11)24-3-2-23-18(25)16(8)24/h2-5,8-9H,6-7H2,1H3,(H,22,24);4-7H,2-3H2,1H3,(H,23,25). The van der Waals surface area contributed by atoms with Crippen LogP contribution in [0.25, 0.3) is 44.1 Å². The number of amides is 2. The molecular weight excluding hydrogens is 641 g/mol. The van der Waals surface area contributed by atoms with Gasteiger partial charge in [0.2, 0.25) is 0 Å². The van der Waals surface area contributed by atoms with Crippen LogP contribution in [0.4, 0.5) is 22.0 Å². The molecule has 4 aromatic carbocycles. The molecule has 2 aliphatic rings. The second-order valence-electron chi connectivity index (χ2n) is 11.9. The Morgan fingerprint density at radius 1 is 0.653 bits per heavy atom. The van der Waals surface area contributed by atoms with E-state index in [9.17, 15) is 36.8 Å². The fourth-order valence-electron chi connectivity index (χ4n) is 6.88. The van der Waals surface area contributed by atoms with Gasteiger partial charge in [0.1, 0.15) is 23.0 Å². The molecule has 0 aliphatic carbocycles. The van der Waals surface area contributed by atoms with Crippen LogP contribution in [0.1, 0.15) is 37.7 Å². The fraction of sp³-hybridized carbons (Fsp3) is 0.162. The number of aryl methyl sites for hydroxylation is 2. The Labute approximate surface area is 276 Å². The van der Waals surface area contributed by atoms with Crippen molar-refractivity contribution in [2.24, 2.45) is 0 Å². The van der Waals surface area contributed by atoms with E-state index in [0.717, 1.165) is 45.8 Å². The van der Waals surface area contributed by atoms with E-state index in [-0.39, 0.29) is 28.8 Å². The largest absolute Gasteiger partial charge is 0.349 e. The molecular formula is C37H26F5N5O2. The number of nitriles is 1. The molecule has 0 unspecified atom stereocenters. The van der Waals surface area contributed by atoms with Crippen LogP contribution < -0.4 is 10.6 Å². The number of benzene rings is 4. The lowest BCUT2D eigenvalue weighted by Gasteiger charge is -2.18. The third-order valence-corrected chi connectivity index (χ3v) is 9.03. The molecule has 0 radical (unpaired) electrons. The number of rotatable bonds is 2. The van der Waals surface area contributed by atoms with Crippen molar-refractivity contribution in [3.63, 3.8) is 0 Å². The van der Waals surface area contributed by atoms with Crippen LogP contribution in [0.3, 0.4) is 0 Å². The van der Waals surface area contributed by atoms with E-state index in [2.05, 4.69) is 16.7 Å². The second kappa shape index (κ2) is 11.9. The fourth-order valence-corrected chi connectivity index (χ4v) is 6.88. The first kappa shape index (κ1) is 31.6. The van der Waals surface area contributed by atoms with E-state index in [1.165, 1.54) is 18.2 Å². The van der Waals surface area contributed by atoms with Crippen LogP contribution in [-0.2, 0) is 13.1 Å². The van der Waals surface area contributed by atoms with Crippen LogP contribution in [0.5, 0.6) is 0 Å². The Morgan fingerprint density at radius 2 is 1.16 bits per heavy atom. The van der Waals surface area contributed by atoms with Crippen molar-refractivity contribution in [3.05, 3.63) is 118 Å². The van der Waals surface area contributed by atoms with Crippen LogP contribution in [0.15, 0.2) is 60.7 Å². The number of hydrogen-bond donors (Lipinski definition) is 2. The number of nitrogens with one attached hydrogen (secondary N) is 2. The first-order valence-corrected chi connectivity index (χ1v) is 15.3. The zero-order valence-electron chi connectivity index (χ0n) is 26.1. The molecule has 0 bridgehead atoms. The second-order valence-corrected chi connectivity index (χ2v) is 11.9. The van der Waals surface area contributed by atoms with Gasteiger partial charge in [0.15, 0.2) is 17.5 Å². The summed E-state index contributed by atoms with van der Waals surface area (Å²) in [6.45, 7) is 5.65. The zero-order chi connectivity index (χ0) is 34.7. The van der Waals surface area contributed by atoms with Crippen molar-refractivity contribution in [2.45, 2.75) is 26.9 Å². The topological polar surface area (TPSA) is 91.8 Å². The minimum Gasteiger partial charge on any atom is -0.349 e. The summed E-state index contributed by atoms with van der Waals surface area (Å²) in [5.41, 5.74) is 6.27. The third-order valence-electron chi connectivity index (χ3n) is 9.03. The van der Waals surface area contributed by atoms with Gasteiger partial charge in [0.05, 0.1) is 22.7 Å². The Kier molecular flexibility index (Phi) is 7.70. The summed E-state index contributed by atoms with van der Waals surface area (Å²) < 4.78 is 71.7. The Bertz CT molecular complexity index is 2400. The van der Waals surface area contributed by atoms with Gasteiger partial charge in [-0.1, -0.05) is 12.1 Å². The minimum absolute atomic E-state index is 0.00665. The van der Waals surface area contributed by atoms with Crippen molar-refractivity contribution in [3.8, 4) is 28.3 Å². The van der Waals surface area contributed by atoms with E-state index in [4.69, 9.17) is 0 Å². The van der Waals surface area contributed by atoms with Crippen molar-refractivity contribution < 1.29 is 31.5 Å².